The van der Waals surface area contributed by atoms with Crippen LogP contribution < -0.4 is 0 Å². The number of carbonyl (C=O) groups excluding carboxylic acids is 4. The average molecular weight is 348 g/mol. The maximum Gasteiger partial charge on any atom is 0.303 e. The fourth-order valence-corrected chi connectivity index (χ4v) is 2.21. The van der Waals surface area contributed by atoms with E-state index in [-0.39, 0.29) is 6.61 Å². The molecule has 5 atom stereocenters. The van der Waals surface area contributed by atoms with Crippen molar-refractivity contribution in [2.45, 2.75) is 58.4 Å². The summed E-state index contributed by atoms with van der Waals surface area (Å²) in [5.41, 5.74) is 0. The Morgan fingerprint density at radius 1 is 0.792 bits per heavy atom. The lowest BCUT2D eigenvalue weighted by Crippen LogP contribution is -2.62. The van der Waals surface area contributed by atoms with E-state index in [1.54, 1.807) is 0 Å². The number of aliphatic hydroxyl groups is 1. The van der Waals surface area contributed by atoms with E-state index in [4.69, 9.17) is 23.7 Å². The maximum absolute atomic E-state index is 11.3. The third-order valence-corrected chi connectivity index (χ3v) is 2.97. The number of rotatable bonds is 5. The van der Waals surface area contributed by atoms with E-state index in [1.807, 2.05) is 0 Å². The van der Waals surface area contributed by atoms with E-state index >= 15 is 0 Å². The Bertz CT molecular complexity index is 502. The van der Waals surface area contributed by atoms with Gasteiger partial charge in [0.25, 0.3) is 0 Å². The first kappa shape index (κ1) is 19.8. The zero-order valence-electron chi connectivity index (χ0n) is 13.7. The topological polar surface area (TPSA) is 135 Å². The summed E-state index contributed by atoms with van der Waals surface area (Å²) in [7, 11) is 0. The highest BCUT2D eigenvalue weighted by Crippen LogP contribution is 2.28. The molecule has 0 aromatic rings. The van der Waals surface area contributed by atoms with Crippen LogP contribution in [0.3, 0.4) is 0 Å². The lowest BCUT2D eigenvalue weighted by molar-refractivity contribution is -0.296. The lowest BCUT2D eigenvalue weighted by atomic mass is 9.98. The second-order valence-corrected chi connectivity index (χ2v) is 5.09. The molecule has 0 spiro atoms. The first-order valence-corrected chi connectivity index (χ1v) is 7.10. The minimum Gasteiger partial charge on any atom is -0.463 e. The zero-order valence-corrected chi connectivity index (χ0v) is 13.7. The largest absolute Gasteiger partial charge is 0.463 e. The van der Waals surface area contributed by atoms with E-state index < -0.39 is 54.6 Å². The van der Waals surface area contributed by atoms with E-state index in [9.17, 15) is 24.3 Å². The number of esters is 4. The van der Waals surface area contributed by atoms with Crippen molar-refractivity contribution < 1.29 is 48.0 Å². The molecular formula is C14H20O10. The molecule has 0 radical (unpaired) electrons. The predicted octanol–water partition coefficient (Wildman–Crippen LogP) is -0.938. The van der Waals surface area contributed by atoms with Crippen molar-refractivity contribution in [2.75, 3.05) is 6.61 Å². The highest BCUT2D eigenvalue weighted by Gasteiger charge is 2.51. The molecule has 1 saturated heterocycles. The van der Waals surface area contributed by atoms with Crippen LogP contribution in [0.5, 0.6) is 0 Å². The van der Waals surface area contributed by atoms with Crippen molar-refractivity contribution in [1.29, 1.82) is 0 Å². The van der Waals surface area contributed by atoms with Crippen LogP contribution in [0.4, 0.5) is 0 Å². The normalized spacial score (nSPS) is 29.3. The Morgan fingerprint density at radius 2 is 1.25 bits per heavy atom. The van der Waals surface area contributed by atoms with Gasteiger partial charge in [-0.1, -0.05) is 0 Å². The summed E-state index contributed by atoms with van der Waals surface area (Å²) in [5, 5.41) is 10.0. The molecule has 10 nitrogen and oxygen atoms in total. The van der Waals surface area contributed by atoms with Crippen LogP contribution >= 0.6 is 0 Å². The van der Waals surface area contributed by atoms with Gasteiger partial charge in [0.15, 0.2) is 24.6 Å². The smallest absolute Gasteiger partial charge is 0.303 e. The van der Waals surface area contributed by atoms with Gasteiger partial charge in [-0.15, -0.1) is 0 Å². The molecule has 0 aromatic heterocycles. The summed E-state index contributed by atoms with van der Waals surface area (Å²) in [5.74, 6) is -2.87. The average Bonchev–Trinajstić information content (AvgIpc) is 2.42. The van der Waals surface area contributed by atoms with Gasteiger partial charge in [0.1, 0.15) is 12.7 Å². The summed E-state index contributed by atoms with van der Waals surface area (Å²) in [6.45, 7) is 4.09. The van der Waals surface area contributed by atoms with Gasteiger partial charge in [0.05, 0.1) is 0 Å². The fraction of sp³-hybridized carbons (Fsp3) is 0.714. The molecule has 0 aliphatic carbocycles. The van der Waals surface area contributed by atoms with Crippen LogP contribution in [-0.2, 0) is 42.9 Å². The van der Waals surface area contributed by atoms with Crippen molar-refractivity contribution in [3.05, 3.63) is 0 Å². The van der Waals surface area contributed by atoms with Crippen LogP contribution in [0.1, 0.15) is 27.7 Å². The first-order chi connectivity index (χ1) is 11.1. The van der Waals surface area contributed by atoms with Crippen LogP contribution in [-0.4, -0.2) is 66.3 Å². The van der Waals surface area contributed by atoms with Gasteiger partial charge in [-0.2, -0.15) is 0 Å². The van der Waals surface area contributed by atoms with E-state index in [2.05, 4.69) is 0 Å². The molecule has 0 amide bonds. The Labute approximate surface area is 137 Å². The summed E-state index contributed by atoms with van der Waals surface area (Å²) >= 11 is 0. The van der Waals surface area contributed by atoms with Gasteiger partial charge >= 0.3 is 23.9 Å². The second kappa shape index (κ2) is 8.60. The van der Waals surface area contributed by atoms with Gasteiger partial charge in [0, 0.05) is 27.7 Å². The number of ether oxygens (including phenoxy) is 5. The molecule has 136 valence electrons. The van der Waals surface area contributed by atoms with Crippen molar-refractivity contribution in [1.82, 2.24) is 0 Å². The van der Waals surface area contributed by atoms with Crippen molar-refractivity contribution in [3.63, 3.8) is 0 Å². The summed E-state index contributed by atoms with van der Waals surface area (Å²) < 4.78 is 25.0. The molecule has 24 heavy (non-hydrogen) atoms. The third-order valence-electron chi connectivity index (χ3n) is 2.97. The van der Waals surface area contributed by atoms with Crippen LogP contribution in [0.25, 0.3) is 0 Å². The molecule has 1 aliphatic rings. The number of carbonyl (C=O) groups is 4. The van der Waals surface area contributed by atoms with Gasteiger partial charge in [-0.05, 0) is 0 Å². The standard InChI is InChI=1S/C14H20O10/c1-6(15)20-5-10-11(21-7(2)16)12(22-8(3)17)13(14(19)24-10)23-9(4)18/h10-14,19H,5H2,1-4H3/t10?,11?,12-,13+,14-/m0/s1. The summed E-state index contributed by atoms with van der Waals surface area (Å²) in [6.07, 6.45) is -6.79. The molecule has 10 heteroatoms. The van der Waals surface area contributed by atoms with Gasteiger partial charge in [0.2, 0.25) is 0 Å². The molecule has 2 unspecified atom stereocenters. The molecule has 0 bridgehead atoms. The van der Waals surface area contributed by atoms with E-state index in [0.29, 0.717) is 0 Å². The van der Waals surface area contributed by atoms with E-state index in [1.165, 1.54) is 0 Å². The Kier molecular flexibility index (Phi) is 7.11. The number of hydrogen-bond donors (Lipinski definition) is 1. The summed E-state index contributed by atoms with van der Waals surface area (Å²) in [6, 6.07) is 0. The molecule has 1 rings (SSSR count). The van der Waals surface area contributed by atoms with Crippen molar-refractivity contribution in [3.8, 4) is 0 Å². The SMILES string of the molecule is CC(=O)OCC1O[C@H](O)[C@H](OC(C)=O)[C@@H](OC(C)=O)C1OC(C)=O. The van der Waals surface area contributed by atoms with Crippen molar-refractivity contribution in [2.24, 2.45) is 0 Å². The fourth-order valence-electron chi connectivity index (χ4n) is 2.21. The monoisotopic (exact) mass is 348 g/mol. The number of aliphatic hydroxyl groups excluding tert-OH is 1. The van der Waals surface area contributed by atoms with Gasteiger partial charge < -0.3 is 28.8 Å². The molecule has 1 heterocycles. The van der Waals surface area contributed by atoms with Crippen LogP contribution in [0, 0.1) is 0 Å². The first-order valence-electron chi connectivity index (χ1n) is 7.10. The highest BCUT2D eigenvalue weighted by molar-refractivity contribution is 5.68. The lowest BCUT2D eigenvalue weighted by Gasteiger charge is -2.42. The molecule has 1 fully saturated rings. The maximum atomic E-state index is 11.3. The second-order valence-electron chi connectivity index (χ2n) is 5.09. The number of hydrogen-bond acceptors (Lipinski definition) is 10. The minimum atomic E-state index is -1.68. The Morgan fingerprint density at radius 3 is 1.71 bits per heavy atom. The van der Waals surface area contributed by atoms with Crippen LogP contribution in [0.2, 0.25) is 0 Å². The molecular weight excluding hydrogens is 328 g/mol. The molecule has 1 N–H and O–H groups in total. The molecule has 1 aliphatic heterocycles. The van der Waals surface area contributed by atoms with Crippen molar-refractivity contribution >= 4 is 23.9 Å². The Balaban J connectivity index is 3.11. The van der Waals surface area contributed by atoms with Crippen LogP contribution in [0.15, 0.2) is 0 Å². The Hall–Kier alpha value is -2.20. The minimum absolute atomic E-state index is 0.366. The third kappa shape index (κ3) is 5.78. The quantitative estimate of drug-likeness (QED) is 0.490. The highest BCUT2D eigenvalue weighted by atomic mass is 16.7. The van der Waals surface area contributed by atoms with Gasteiger partial charge in [-0.3, -0.25) is 19.2 Å². The zero-order chi connectivity index (χ0) is 18.4. The van der Waals surface area contributed by atoms with Gasteiger partial charge in [-0.25, -0.2) is 0 Å². The predicted molar refractivity (Wildman–Crippen MR) is 74.2 cm³/mol. The van der Waals surface area contributed by atoms with E-state index in [0.717, 1.165) is 27.7 Å². The molecule has 0 saturated carbocycles. The molecule has 0 aromatic carbocycles. The summed E-state index contributed by atoms with van der Waals surface area (Å²) in [4.78, 5) is 44.9.